The third-order valence-corrected chi connectivity index (χ3v) is 5.00. The molecular weight excluding hydrogens is 352 g/mol. The second-order valence-corrected chi connectivity index (χ2v) is 7.21. The molecule has 0 atom stereocenters. The van der Waals surface area contributed by atoms with Crippen LogP contribution in [0, 0.1) is 0 Å². The number of esters is 1. The summed E-state index contributed by atoms with van der Waals surface area (Å²) in [6.07, 6.45) is 0. The number of fused-ring (bicyclic) bond motifs is 1. The van der Waals surface area contributed by atoms with Crippen molar-refractivity contribution >= 4 is 26.7 Å². The summed E-state index contributed by atoms with van der Waals surface area (Å²) in [5.74, 6) is -4.04. The van der Waals surface area contributed by atoms with Crippen LogP contribution < -0.4 is 0 Å². The van der Waals surface area contributed by atoms with Crippen LogP contribution in [0.3, 0.4) is 0 Å². The number of halogens is 2. The normalized spacial score (nSPS) is 11.8. The lowest BCUT2D eigenvalue weighted by molar-refractivity contribution is 0.0467. The molecule has 1 N–H and O–H groups in total. The molecule has 1 heterocycles. The number of benzene rings is 2. The van der Waals surface area contributed by atoms with Gasteiger partial charge in [-0.15, -0.1) is 0 Å². The van der Waals surface area contributed by atoms with E-state index in [9.17, 15) is 22.0 Å². The highest BCUT2D eigenvalue weighted by Crippen LogP contribution is 2.19. The maximum absolute atomic E-state index is 12.5. The van der Waals surface area contributed by atoms with Gasteiger partial charge in [0, 0.05) is 10.9 Å². The molecule has 0 saturated heterocycles. The lowest BCUT2D eigenvalue weighted by Gasteiger charge is -2.06. The summed E-state index contributed by atoms with van der Waals surface area (Å²) in [5.41, 5.74) is 1.58. The number of para-hydroxylation sites is 1. The van der Waals surface area contributed by atoms with Gasteiger partial charge in [0.2, 0.25) is 9.84 Å². The summed E-state index contributed by atoms with van der Waals surface area (Å²) >= 11 is 0. The number of hydrogen-bond donors (Lipinski definition) is 1. The number of hydrogen-bond acceptors (Lipinski definition) is 4. The van der Waals surface area contributed by atoms with Gasteiger partial charge in [0.15, 0.2) is 0 Å². The molecule has 2 aromatic carbocycles. The van der Waals surface area contributed by atoms with Crippen molar-refractivity contribution in [2.45, 2.75) is 17.3 Å². The Morgan fingerprint density at radius 2 is 1.76 bits per heavy atom. The molecule has 25 heavy (non-hydrogen) atoms. The number of nitrogens with one attached hydrogen (secondary N) is 1. The van der Waals surface area contributed by atoms with Crippen molar-refractivity contribution in [2.75, 3.05) is 0 Å². The van der Waals surface area contributed by atoms with Crippen LogP contribution in [0.2, 0.25) is 0 Å². The van der Waals surface area contributed by atoms with Crippen molar-refractivity contribution in [2.24, 2.45) is 0 Å². The molecule has 0 aliphatic rings. The number of sulfone groups is 1. The Morgan fingerprint density at radius 1 is 1.08 bits per heavy atom. The average Bonchev–Trinajstić information content (AvgIpc) is 3.04. The summed E-state index contributed by atoms with van der Waals surface area (Å²) in [7, 11) is -4.63. The number of carbonyl (C=O) groups is 1. The minimum atomic E-state index is -4.63. The number of aromatic amines is 1. The van der Waals surface area contributed by atoms with E-state index >= 15 is 0 Å². The van der Waals surface area contributed by atoms with Crippen molar-refractivity contribution in [3.05, 3.63) is 65.9 Å². The van der Waals surface area contributed by atoms with Crippen LogP contribution in [-0.2, 0) is 21.2 Å². The first-order valence-electron chi connectivity index (χ1n) is 7.24. The fraction of sp³-hybridized carbons (Fsp3) is 0.118. The van der Waals surface area contributed by atoms with Crippen LogP contribution in [0.5, 0.6) is 0 Å². The Labute approximate surface area is 142 Å². The van der Waals surface area contributed by atoms with Crippen LogP contribution in [0.4, 0.5) is 8.78 Å². The molecule has 0 radical (unpaired) electrons. The Kier molecular flexibility index (Phi) is 4.54. The maximum Gasteiger partial charge on any atom is 0.355 e. The van der Waals surface area contributed by atoms with E-state index in [1.54, 1.807) is 6.07 Å². The molecule has 0 saturated carbocycles. The molecule has 0 fully saturated rings. The van der Waals surface area contributed by atoms with Gasteiger partial charge in [0.25, 0.3) is 0 Å². The first-order valence-corrected chi connectivity index (χ1v) is 8.78. The van der Waals surface area contributed by atoms with Gasteiger partial charge in [-0.25, -0.2) is 13.2 Å². The number of H-pyrrole nitrogens is 1. The zero-order valence-corrected chi connectivity index (χ0v) is 13.6. The van der Waals surface area contributed by atoms with Gasteiger partial charge >= 0.3 is 11.7 Å². The standard InChI is InChI=1S/C17H13F2NO4S/c18-17(19)25(22,23)13-7-5-11(6-8-13)10-24-16(21)15-9-12-3-1-2-4-14(12)20-15/h1-9,17,20H,10H2. The molecule has 5 nitrogen and oxygen atoms in total. The van der Waals surface area contributed by atoms with E-state index in [0.717, 1.165) is 23.0 Å². The summed E-state index contributed by atoms with van der Waals surface area (Å²) in [4.78, 5) is 14.5. The largest absolute Gasteiger partial charge is 0.456 e. The van der Waals surface area contributed by atoms with Crippen molar-refractivity contribution in [1.29, 1.82) is 0 Å². The van der Waals surface area contributed by atoms with E-state index in [0.29, 0.717) is 5.56 Å². The number of alkyl halides is 2. The van der Waals surface area contributed by atoms with E-state index in [-0.39, 0.29) is 12.3 Å². The van der Waals surface area contributed by atoms with E-state index in [2.05, 4.69) is 4.98 Å². The van der Waals surface area contributed by atoms with Crippen LogP contribution in [0.1, 0.15) is 16.1 Å². The lowest BCUT2D eigenvalue weighted by Crippen LogP contribution is -2.11. The predicted molar refractivity (Wildman–Crippen MR) is 87.1 cm³/mol. The molecule has 3 aromatic rings. The monoisotopic (exact) mass is 365 g/mol. The molecule has 130 valence electrons. The Bertz CT molecular complexity index is 978. The highest BCUT2D eigenvalue weighted by molar-refractivity contribution is 7.91. The molecule has 0 unspecified atom stereocenters. The van der Waals surface area contributed by atoms with Crippen molar-refractivity contribution in [1.82, 2.24) is 4.98 Å². The molecule has 0 amide bonds. The third-order valence-electron chi connectivity index (χ3n) is 3.61. The lowest BCUT2D eigenvalue weighted by atomic mass is 10.2. The van der Waals surface area contributed by atoms with E-state index in [1.807, 2.05) is 24.3 Å². The summed E-state index contributed by atoms with van der Waals surface area (Å²) in [6, 6.07) is 13.8. The minimum Gasteiger partial charge on any atom is -0.456 e. The van der Waals surface area contributed by atoms with E-state index in [4.69, 9.17) is 4.74 Å². The molecule has 8 heteroatoms. The van der Waals surface area contributed by atoms with E-state index in [1.165, 1.54) is 12.1 Å². The summed E-state index contributed by atoms with van der Waals surface area (Å²) in [6.45, 7) is -0.108. The SMILES string of the molecule is O=C(OCc1ccc(S(=O)(=O)C(F)F)cc1)c1cc2ccccc2[nH]1. The van der Waals surface area contributed by atoms with Gasteiger partial charge in [0.1, 0.15) is 12.3 Å². The van der Waals surface area contributed by atoms with Gasteiger partial charge in [-0.05, 0) is 29.8 Å². The topological polar surface area (TPSA) is 76.2 Å². The summed E-state index contributed by atoms with van der Waals surface area (Å²) in [5, 5.41) is 0.871. The molecule has 1 aromatic heterocycles. The molecule has 0 aliphatic heterocycles. The van der Waals surface area contributed by atoms with Gasteiger partial charge in [0.05, 0.1) is 4.90 Å². The first kappa shape index (κ1) is 17.1. The van der Waals surface area contributed by atoms with Gasteiger partial charge in [-0.1, -0.05) is 30.3 Å². The fourth-order valence-corrected chi connectivity index (χ4v) is 3.01. The second kappa shape index (κ2) is 6.64. The number of carbonyl (C=O) groups excluding carboxylic acids is 1. The maximum atomic E-state index is 12.5. The molecule has 0 bridgehead atoms. The smallest absolute Gasteiger partial charge is 0.355 e. The van der Waals surface area contributed by atoms with Crippen molar-refractivity contribution in [3.63, 3.8) is 0 Å². The zero-order chi connectivity index (χ0) is 18.0. The molecule has 0 spiro atoms. The third kappa shape index (κ3) is 3.53. The van der Waals surface area contributed by atoms with Gasteiger partial charge in [-0.2, -0.15) is 8.78 Å². The van der Waals surface area contributed by atoms with Crippen LogP contribution in [-0.4, -0.2) is 25.1 Å². The first-order chi connectivity index (χ1) is 11.9. The average molecular weight is 365 g/mol. The number of rotatable bonds is 5. The zero-order valence-electron chi connectivity index (χ0n) is 12.8. The van der Waals surface area contributed by atoms with Crippen LogP contribution >= 0.6 is 0 Å². The Balaban J connectivity index is 1.68. The van der Waals surface area contributed by atoms with Crippen LogP contribution in [0.25, 0.3) is 10.9 Å². The predicted octanol–water partition coefficient (Wildman–Crippen LogP) is 3.52. The van der Waals surface area contributed by atoms with Crippen molar-refractivity contribution in [3.8, 4) is 0 Å². The van der Waals surface area contributed by atoms with Crippen LogP contribution in [0.15, 0.2) is 59.5 Å². The highest BCUT2D eigenvalue weighted by Gasteiger charge is 2.26. The van der Waals surface area contributed by atoms with Gasteiger partial charge < -0.3 is 9.72 Å². The number of aromatic nitrogens is 1. The Morgan fingerprint density at radius 3 is 2.40 bits per heavy atom. The Hall–Kier alpha value is -2.74. The quantitative estimate of drug-likeness (QED) is 0.702. The number of ether oxygens (including phenoxy) is 1. The minimum absolute atomic E-state index is 0.108. The molecule has 3 rings (SSSR count). The summed E-state index contributed by atoms with van der Waals surface area (Å²) < 4.78 is 52.8. The highest BCUT2D eigenvalue weighted by atomic mass is 32.2. The van der Waals surface area contributed by atoms with E-state index < -0.39 is 26.5 Å². The molecular formula is C17H13F2NO4S. The fourth-order valence-electron chi connectivity index (χ4n) is 2.29. The van der Waals surface area contributed by atoms with Gasteiger partial charge in [-0.3, -0.25) is 0 Å². The van der Waals surface area contributed by atoms with Crippen molar-refractivity contribution < 1.29 is 26.7 Å². The molecule has 0 aliphatic carbocycles. The second-order valence-electron chi connectivity index (χ2n) is 5.30.